The van der Waals surface area contributed by atoms with Gasteiger partial charge in [-0.15, -0.1) is 0 Å². The monoisotopic (exact) mass is 235 g/mol. The lowest BCUT2D eigenvalue weighted by Crippen LogP contribution is -2.38. The highest BCUT2D eigenvalue weighted by atomic mass is 19.1. The summed E-state index contributed by atoms with van der Waals surface area (Å²) in [4.78, 5) is 2.54. The van der Waals surface area contributed by atoms with E-state index in [9.17, 15) is 4.39 Å². The van der Waals surface area contributed by atoms with E-state index >= 15 is 0 Å². The molecule has 1 nitrogen and oxygen atoms in total. The molecule has 0 aromatic heterocycles. The summed E-state index contributed by atoms with van der Waals surface area (Å²) in [6.45, 7) is 6.95. The van der Waals surface area contributed by atoms with Crippen LogP contribution in [0, 0.1) is 11.7 Å². The minimum atomic E-state index is -0.136. The van der Waals surface area contributed by atoms with Crippen LogP contribution in [0.1, 0.15) is 32.3 Å². The van der Waals surface area contributed by atoms with Gasteiger partial charge in [-0.3, -0.25) is 0 Å². The number of hydrogen-bond donors (Lipinski definition) is 0. The number of nitrogens with zero attached hydrogens (tertiary/aromatic N) is 1. The molecule has 0 amide bonds. The van der Waals surface area contributed by atoms with Crippen LogP contribution >= 0.6 is 0 Å². The molecule has 0 radical (unpaired) electrons. The second-order valence-corrected chi connectivity index (χ2v) is 5.40. The zero-order valence-corrected chi connectivity index (χ0v) is 10.8. The molecule has 0 saturated carbocycles. The summed E-state index contributed by atoms with van der Waals surface area (Å²) >= 11 is 0. The highest BCUT2D eigenvalue weighted by Gasteiger charge is 2.20. The predicted molar refractivity (Wildman–Crippen MR) is 69.5 cm³/mol. The van der Waals surface area contributed by atoms with Crippen LogP contribution in [0.25, 0.3) is 0 Å². The number of hydrogen-bond acceptors (Lipinski definition) is 1. The normalized spacial score (nSPS) is 18.8. The molecule has 1 aromatic carbocycles. The number of halogens is 1. The van der Waals surface area contributed by atoms with Crippen molar-refractivity contribution in [2.45, 2.75) is 39.2 Å². The molecule has 17 heavy (non-hydrogen) atoms. The molecule has 1 aliphatic rings. The van der Waals surface area contributed by atoms with Crippen molar-refractivity contribution in [2.75, 3.05) is 13.1 Å². The average molecular weight is 235 g/mol. The topological polar surface area (TPSA) is 3.24 Å². The van der Waals surface area contributed by atoms with E-state index in [0.717, 1.165) is 12.3 Å². The Morgan fingerprint density at radius 1 is 1.18 bits per heavy atom. The van der Waals surface area contributed by atoms with Gasteiger partial charge in [-0.1, -0.05) is 12.1 Å². The Balaban J connectivity index is 1.84. The molecule has 0 unspecified atom stereocenters. The lowest BCUT2D eigenvalue weighted by atomic mass is 9.90. The molecule has 0 atom stereocenters. The molecule has 0 N–H and O–H groups in total. The van der Waals surface area contributed by atoms with Gasteiger partial charge in [0.25, 0.3) is 0 Å². The number of likely N-dealkylation sites (tertiary alicyclic amines) is 1. The molecule has 1 heterocycles. The molecule has 1 aliphatic heterocycles. The Labute approximate surface area is 104 Å². The Hall–Kier alpha value is -0.890. The van der Waals surface area contributed by atoms with Gasteiger partial charge in [0, 0.05) is 6.04 Å². The van der Waals surface area contributed by atoms with Crippen molar-refractivity contribution in [3.05, 3.63) is 35.6 Å². The Bertz CT molecular complexity index is 336. The van der Waals surface area contributed by atoms with Gasteiger partial charge in [-0.05, 0) is 69.8 Å². The van der Waals surface area contributed by atoms with Crippen LogP contribution < -0.4 is 0 Å². The first-order valence-corrected chi connectivity index (χ1v) is 6.63. The largest absolute Gasteiger partial charge is 0.301 e. The maximum Gasteiger partial charge on any atom is 0.123 e. The van der Waals surface area contributed by atoms with Gasteiger partial charge in [0.15, 0.2) is 0 Å². The second-order valence-electron chi connectivity index (χ2n) is 5.40. The summed E-state index contributed by atoms with van der Waals surface area (Å²) in [5, 5.41) is 0. The Kier molecular flexibility index (Phi) is 4.16. The fourth-order valence-corrected chi connectivity index (χ4v) is 2.63. The van der Waals surface area contributed by atoms with Gasteiger partial charge in [0.2, 0.25) is 0 Å². The standard InChI is InChI=1S/C15H22FN/c1-12(2)17-9-7-14(8-10-17)11-13-3-5-15(16)6-4-13/h3-6,12,14H,7-11H2,1-2H3. The summed E-state index contributed by atoms with van der Waals surface area (Å²) in [5.74, 6) is 0.638. The summed E-state index contributed by atoms with van der Waals surface area (Å²) in [6, 6.07) is 7.65. The van der Waals surface area contributed by atoms with E-state index < -0.39 is 0 Å². The smallest absolute Gasteiger partial charge is 0.123 e. The van der Waals surface area contributed by atoms with Crippen LogP contribution in [-0.2, 0) is 6.42 Å². The van der Waals surface area contributed by atoms with E-state index in [0.29, 0.717) is 6.04 Å². The lowest BCUT2D eigenvalue weighted by molar-refractivity contribution is 0.149. The molecule has 0 aliphatic carbocycles. The fraction of sp³-hybridized carbons (Fsp3) is 0.600. The molecule has 0 bridgehead atoms. The van der Waals surface area contributed by atoms with E-state index in [1.54, 1.807) is 12.1 Å². The minimum absolute atomic E-state index is 0.136. The first-order chi connectivity index (χ1) is 8.15. The third kappa shape index (κ3) is 3.53. The number of benzene rings is 1. The van der Waals surface area contributed by atoms with Crippen molar-refractivity contribution in [2.24, 2.45) is 5.92 Å². The Morgan fingerprint density at radius 2 is 1.76 bits per heavy atom. The fourth-order valence-electron chi connectivity index (χ4n) is 2.63. The van der Waals surface area contributed by atoms with Crippen LogP contribution in [0.15, 0.2) is 24.3 Å². The maximum absolute atomic E-state index is 12.8. The van der Waals surface area contributed by atoms with Crippen LogP contribution in [0.4, 0.5) is 4.39 Å². The zero-order chi connectivity index (χ0) is 12.3. The van der Waals surface area contributed by atoms with Gasteiger partial charge in [-0.25, -0.2) is 4.39 Å². The van der Waals surface area contributed by atoms with Crippen molar-refractivity contribution in [1.82, 2.24) is 4.90 Å². The summed E-state index contributed by atoms with van der Waals surface area (Å²) in [5.41, 5.74) is 1.27. The summed E-state index contributed by atoms with van der Waals surface area (Å²) in [6.07, 6.45) is 3.65. The van der Waals surface area contributed by atoms with Gasteiger partial charge in [-0.2, -0.15) is 0 Å². The van der Waals surface area contributed by atoms with E-state index in [1.165, 1.54) is 31.5 Å². The molecule has 1 fully saturated rings. The third-order valence-electron chi connectivity index (χ3n) is 3.82. The minimum Gasteiger partial charge on any atom is -0.301 e. The first-order valence-electron chi connectivity index (χ1n) is 6.63. The molecule has 2 rings (SSSR count). The second kappa shape index (κ2) is 5.63. The Morgan fingerprint density at radius 3 is 2.29 bits per heavy atom. The van der Waals surface area contributed by atoms with Gasteiger partial charge in [0.05, 0.1) is 0 Å². The van der Waals surface area contributed by atoms with E-state index in [-0.39, 0.29) is 5.82 Å². The number of piperidine rings is 1. The van der Waals surface area contributed by atoms with Crippen LogP contribution in [0.5, 0.6) is 0 Å². The third-order valence-corrected chi connectivity index (χ3v) is 3.82. The van der Waals surface area contributed by atoms with Crippen molar-refractivity contribution in [3.8, 4) is 0 Å². The first kappa shape index (κ1) is 12.6. The number of rotatable bonds is 3. The van der Waals surface area contributed by atoms with Gasteiger partial charge < -0.3 is 4.90 Å². The van der Waals surface area contributed by atoms with Crippen molar-refractivity contribution in [1.29, 1.82) is 0 Å². The molecule has 0 spiro atoms. The van der Waals surface area contributed by atoms with Crippen LogP contribution in [0.3, 0.4) is 0 Å². The van der Waals surface area contributed by atoms with Crippen molar-refractivity contribution < 1.29 is 4.39 Å². The molecule has 1 saturated heterocycles. The average Bonchev–Trinajstić information content (AvgIpc) is 2.33. The summed E-state index contributed by atoms with van der Waals surface area (Å²) < 4.78 is 12.8. The molecule has 94 valence electrons. The molecule has 2 heteroatoms. The predicted octanol–water partition coefficient (Wildman–Crippen LogP) is 3.49. The van der Waals surface area contributed by atoms with Crippen LogP contribution in [0.2, 0.25) is 0 Å². The van der Waals surface area contributed by atoms with E-state index in [1.807, 2.05) is 12.1 Å². The zero-order valence-electron chi connectivity index (χ0n) is 10.8. The van der Waals surface area contributed by atoms with Crippen molar-refractivity contribution >= 4 is 0 Å². The van der Waals surface area contributed by atoms with E-state index in [4.69, 9.17) is 0 Å². The lowest BCUT2D eigenvalue weighted by Gasteiger charge is -2.34. The molecular weight excluding hydrogens is 213 g/mol. The SMILES string of the molecule is CC(C)N1CCC(Cc2ccc(F)cc2)CC1. The van der Waals surface area contributed by atoms with Gasteiger partial charge >= 0.3 is 0 Å². The van der Waals surface area contributed by atoms with Gasteiger partial charge in [0.1, 0.15) is 5.82 Å². The quantitative estimate of drug-likeness (QED) is 0.775. The highest BCUT2D eigenvalue weighted by Crippen LogP contribution is 2.22. The maximum atomic E-state index is 12.8. The highest BCUT2D eigenvalue weighted by molar-refractivity contribution is 5.16. The van der Waals surface area contributed by atoms with E-state index in [2.05, 4.69) is 18.7 Å². The molecular formula is C15H22FN. The molecule has 1 aromatic rings. The van der Waals surface area contributed by atoms with Crippen LogP contribution in [-0.4, -0.2) is 24.0 Å². The van der Waals surface area contributed by atoms with Crippen molar-refractivity contribution in [3.63, 3.8) is 0 Å². The summed E-state index contributed by atoms with van der Waals surface area (Å²) in [7, 11) is 0.